The zero-order valence-electron chi connectivity index (χ0n) is 13.5. The maximum atomic E-state index is 10.6. The Kier molecular flexibility index (Phi) is 5.16. The van der Waals surface area contributed by atoms with E-state index in [0.717, 1.165) is 22.1 Å². The third-order valence-electron chi connectivity index (χ3n) is 3.11. The van der Waals surface area contributed by atoms with Gasteiger partial charge in [0.15, 0.2) is 0 Å². The first-order chi connectivity index (χ1) is 9.43. The Morgan fingerprint density at radius 2 is 1.48 bits per heavy atom. The van der Waals surface area contributed by atoms with Gasteiger partial charge < -0.3 is 10.2 Å². The number of phenolic OH excluding ortho intramolecular Hbond substituents is 1. The molecule has 0 spiro atoms. The molecule has 0 fully saturated rings. The standard InChI is InChI=1S/C17H24O3S/c1-16(2,3)12-9-11(21-8-7-14(18)19)10-13(15(12)20)17(4,5)6/h7-10,20H,1-6H3,(H,18,19)/b8-7+. The number of hydrogen-bond donors (Lipinski definition) is 2. The highest BCUT2D eigenvalue weighted by Gasteiger charge is 2.26. The maximum absolute atomic E-state index is 10.6. The van der Waals surface area contributed by atoms with E-state index < -0.39 is 5.97 Å². The Balaban J connectivity index is 3.37. The molecule has 0 saturated carbocycles. The van der Waals surface area contributed by atoms with Gasteiger partial charge in [-0.3, -0.25) is 0 Å². The van der Waals surface area contributed by atoms with E-state index in [9.17, 15) is 9.90 Å². The van der Waals surface area contributed by atoms with Gasteiger partial charge in [0, 0.05) is 22.1 Å². The van der Waals surface area contributed by atoms with Crippen molar-refractivity contribution in [2.24, 2.45) is 0 Å². The molecule has 0 radical (unpaired) electrons. The van der Waals surface area contributed by atoms with Gasteiger partial charge in [-0.2, -0.15) is 0 Å². The second-order valence-electron chi connectivity index (χ2n) is 7.13. The summed E-state index contributed by atoms with van der Waals surface area (Å²) in [6.45, 7) is 12.3. The summed E-state index contributed by atoms with van der Waals surface area (Å²) in [5.41, 5.74) is 1.39. The van der Waals surface area contributed by atoms with E-state index in [0.29, 0.717) is 5.75 Å². The van der Waals surface area contributed by atoms with E-state index in [-0.39, 0.29) is 10.8 Å². The van der Waals surface area contributed by atoms with Crippen LogP contribution in [0.1, 0.15) is 52.7 Å². The molecule has 0 aliphatic carbocycles. The zero-order chi connectivity index (χ0) is 16.4. The zero-order valence-corrected chi connectivity index (χ0v) is 14.3. The van der Waals surface area contributed by atoms with Crippen molar-refractivity contribution >= 4 is 17.7 Å². The van der Waals surface area contributed by atoms with Crippen molar-refractivity contribution in [3.8, 4) is 5.75 Å². The Bertz CT molecular complexity index is 525. The van der Waals surface area contributed by atoms with Crippen molar-refractivity contribution in [1.82, 2.24) is 0 Å². The third kappa shape index (κ3) is 4.81. The van der Waals surface area contributed by atoms with Crippen LogP contribution >= 0.6 is 11.8 Å². The molecule has 1 aromatic rings. The average molecular weight is 308 g/mol. The van der Waals surface area contributed by atoms with Gasteiger partial charge in [-0.05, 0) is 28.4 Å². The summed E-state index contributed by atoms with van der Waals surface area (Å²) in [6.07, 6.45) is 1.12. The molecule has 0 aliphatic rings. The van der Waals surface area contributed by atoms with Crippen molar-refractivity contribution in [2.45, 2.75) is 57.3 Å². The molecule has 0 bridgehead atoms. The van der Waals surface area contributed by atoms with Gasteiger partial charge in [0.05, 0.1) is 0 Å². The number of hydrogen-bond acceptors (Lipinski definition) is 3. The summed E-state index contributed by atoms with van der Waals surface area (Å²) in [7, 11) is 0. The van der Waals surface area contributed by atoms with Gasteiger partial charge in [-0.15, -0.1) is 0 Å². The molecule has 0 heterocycles. The molecular formula is C17H24O3S. The molecule has 0 aromatic heterocycles. The van der Waals surface area contributed by atoms with Crippen LogP contribution < -0.4 is 0 Å². The molecule has 3 nitrogen and oxygen atoms in total. The van der Waals surface area contributed by atoms with Gasteiger partial charge in [-0.1, -0.05) is 53.3 Å². The van der Waals surface area contributed by atoms with Crippen LogP contribution in [0, 0.1) is 0 Å². The number of rotatable bonds is 3. The quantitative estimate of drug-likeness (QED) is 0.629. The number of phenols is 1. The highest BCUT2D eigenvalue weighted by Crippen LogP contribution is 2.41. The molecule has 2 N–H and O–H groups in total. The van der Waals surface area contributed by atoms with E-state index in [1.54, 1.807) is 5.41 Å². The van der Waals surface area contributed by atoms with Crippen molar-refractivity contribution in [3.63, 3.8) is 0 Å². The second kappa shape index (κ2) is 6.14. The number of carboxylic acids is 1. The number of carboxylic acid groups (broad SMARTS) is 1. The SMILES string of the molecule is CC(C)(C)c1cc(S/C=C/C(=O)O)cc(C(C)(C)C)c1O. The van der Waals surface area contributed by atoms with Crippen LogP contribution in [0.25, 0.3) is 0 Å². The fourth-order valence-corrected chi connectivity index (χ4v) is 2.70. The van der Waals surface area contributed by atoms with E-state index >= 15 is 0 Å². The van der Waals surface area contributed by atoms with Crippen LogP contribution in [-0.4, -0.2) is 16.2 Å². The van der Waals surface area contributed by atoms with E-state index in [1.165, 1.54) is 11.8 Å². The number of benzene rings is 1. The smallest absolute Gasteiger partial charge is 0.328 e. The fourth-order valence-electron chi connectivity index (χ4n) is 1.99. The Labute approximate surface area is 131 Å². The van der Waals surface area contributed by atoms with Crippen LogP contribution in [0.4, 0.5) is 0 Å². The first-order valence-corrected chi connectivity index (χ1v) is 7.75. The Morgan fingerprint density at radius 1 is 1.05 bits per heavy atom. The van der Waals surface area contributed by atoms with E-state index in [4.69, 9.17) is 5.11 Å². The highest BCUT2D eigenvalue weighted by atomic mass is 32.2. The number of carbonyl (C=O) groups is 1. The minimum absolute atomic E-state index is 0.183. The molecule has 4 heteroatoms. The van der Waals surface area contributed by atoms with Crippen LogP contribution in [-0.2, 0) is 15.6 Å². The summed E-state index contributed by atoms with van der Waals surface area (Å²) < 4.78 is 0. The lowest BCUT2D eigenvalue weighted by molar-refractivity contribution is -0.131. The summed E-state index contributed by atoms with van der Waals surface area (Å²) >= 11 is 1.35. The molecular weight excluding hydrogens is 284 g/mol. The van der Waals surface area contributed by atoms with Crippen molar-refractivity contribution in [1.29, 1.82) is 0 Å². The normalized spacial score (nSPS) is 12.9. The molecule has 0 unspecified atom stereocenters. The second-order valence-corrected chi connectivity index (χ2v) is 8.11. The van der Waals surface area contributed by atoms with Crippen LogP contribution in [0.3, 0.4) is 0 Å². The first kappa shape index (κ1) is 17.6. The minimum atomic E-state index is -0.964. The topological polar surface area (TPSA) is 57.5 Å². The maximum Gasteiger partial charge on any atom is 0.328 e. The van der Waals surface area contributed by atoms with E-state index in [1.807, 2.05) is 12.1 Å². The van der Waals surface area contributed by atoms with Gasteiger partial charge in [0.25, 0.3) is 0 Å². The number of thioether (sulfide) groups is 1. The lowest BCUT2D eigenvalue weighted by Gasteiger charge is -2.28. The summed E-state index contributed by atoms with van der Waals surface area (Å²) in [5.74, 6) is -0.630. The molecule has 21 heavy (non-hydrogen) atoms. The predicted octanol–water partition coefficient (Wildman–Crippen LogP) is 4.68. The lowest BCUT2D eigenvalue weighted by Crippen LogP contribution is -2.17. The summed E-state index contributed by atoms with van der Waals surface area (Å²) in [5, 5.41) is 20.8. The van der Waals surface area contributed by atoms with Gasteiger partial charge >= 0.3 is 5.97 Å². The molecule has 1 rings (SSSR count). The van der Waals surface area contributed by atoms with Crippen molar-refractivity contribution in [3.05, 3.63) is 34.7 Å². The molecule has 0 aliphatic heterocycles. The van der Waals surface area contributed by atoms with E-state index in [2.05, 4.69) is 41.5 Å². The van der Waals surface area contributed by atoms with Crippen LogP contribution in [0.5, 0.6) is 5.75 Å². The molecule has 116 valence electrons. The van der Waals surface area contributed by atoms with Gasteiger partial charge in [0.1, 0.15) is 5.75 Å². The monoisotopic (exact) mass is 308 g/mol. The van der Waals surface area contributed by atoms with Crippen molar-refractivity contribution < 1.29 is 15.0 Å². The first-order valence-electron chi connectivity index (χ1n) is 6.87. The summed E-state index contributed by atoms with van der Waals surface area (Å²) in [4.78, 5) is 11.5. The lowest BCUT2D eigenvalue weighted by atomic mass is 9.79. The number of aliphatic carboxylic acids is 1. The van der Waals surface area contributed by atoms with Gasteiger partial charge in [-0.25, -0.2) is 4.79 Å². The Morgan fingerprint density at radius 3 is 1.81 bits per heavy atom. The third-order valence-corrected chi connectivity index (χ3v) is 3.89. The average Bonchev–Trinajstić information content (AvgIpc) is 2.27. The molecule has 0 saturated heterocycles. The Hall–Kier alpha value is -1.42. The highest BCUT2D eigenvalue weighted by molar-refractivity contribution is 8.02. The van der Waals surface area contributed by atoms with Crippen LogP contribution in [0.15, 0.2) is 28.5 Å². The number of aromatic hydroxyl groups is 1. The minimum Gasteiger partial charge on any atom is -0.507 e. The molecule has 1 aromatic carbocycles. The van der Waals surface area contributed by atoms with Crippen molar-refractivity contribution in [2.75, 3.05) is 0 Å². The molecule has 0 amide bonds. The van der Waals surface area contributed by atoms with Gasteiger partial charge in [0.2, 0.25) is 0 Å². The fraction of sp³-hybridized carbons (Fsp3) is 0.471. The summed E-state index contributed by atoms with van der Waals surface area (Å²) in [6, 6.07) is 3.86. The van der Waals surface area contributed by atoms with Crippen LogP contribution in [0.2, 0.25) is 0 Å². The largest absolute Gasteiger partial charge is 0.507 e. The molecule has 0 atom stereocenters. The predicted molar refractivity (Wildman–Crippen MR) is 88.1 cm³/mol.